The van der Waals surface area contributed by atoms with Crippen molar-refractivity contribution in [3.8, 4) is 39.4 Å². The quantitative estimate of drug-likeness (QED) is 0.233. The molecule has 5 rings (SSSR count). The number of aromatic carboxylic acids is 1. The number of ether oxygens (including phenoxy) is 1. The Morgan fingerprint density at radius 3 is 2.36 bits per heavy atom. The Morgan fingerprint density at radius 2 is 1.69 bits per heavy atom. The fourth-order valence-corrected chi connectivity index (χ4v) is 6.04. The van der Waals surface area contributed by atoms with Gasteiger partial charge in [0.25, 0.3) is 0 Å². The van der Waals surface area contributed by atoms with Gasteiger partial charge in [0.2, 0.25) is 11.4 Å². The highest BCUT2D eigenvalue weighted by atomic mass is 32.2. The summed E-state index contributed by atoms with van der Waals surface area (Å²) in [6, 6.07) is 21.8. The zero-order valence-electron chi connectivity index (χ0n) is 21.8. The summed E-state index contributed by atoms with van der Waals surface area (Å²) in [7, 11) is -3.44. The molecule has 8 heteroatoms. The molecular weight excluding hydrogens is 514 g/mol. The Balaban J connectivity index is 1.85. The van der Waals surface area contributed by atoms with E-state index in [4.69, 9.17) is 4.74 Å². The second-order valence-electron chi connectivity index (χ2n) is 9.64. The first-order chi connectivity index (χ1) is 18.7. The summed E-state index contributed by atoms with van der Waals surface area (Å²) in [5.41, 5.74) is 7.84. The van der Waals surface area contributed by atoms with Crippen molar-refractivity contribution in [2.24, 2.45) is 0 Å². The molecule has 0 saturated carbocycles. The first-order valence-corrected chi connectivity index (χ1v) is 14.3. The highest BCUT2D eigenvalue weighted by molar-refractivity contribution is 7.85. The minimum absolute atomic E-state index is 0.00591. The molecule has 0 radical (unpaired) electrons. The first kappa shape index (κ1) is 26.6. The molecule has 1 aliphatic rings. The number of unbranched alkanes of at least 4 members (excludes halogenated alkanes) is 1. The van der Waals surface area contributed by atoms with Crippen LogP contribution in [0.1, 0.15) is 41.3 Å². The van der Waals surface area contributed by atoms with Gasteiger partial charge in [0.15, 0.2) is 0 Å². The number of aromatic nitrogens is 1. The maximum absolute atomic E-state index is 12.1. The maximum Gasteiger partial charge on any atom is 0.335 e. The minimum Gasteiger partial charge on any atom is -0.744 e. The summed E-state index contributed by atoms with van der Waals surface area (Å²) in [5.74, 6) is -0.989. The number of rotatable bonds is 8. The highest BCUT2D eigenvalue weighted by Gasteiger charge is 2.32. The average molecular weight is 544 g/mol. The Bertz CT molecular complexity index is 1680. The molecule has 0 amide bonds. The lowest BCUT2D eigenvalue weighted by Gasteiger charge is -2.23. The van der Waals surface area contributed by atoms with Crippen molar-refractivity contribution in [1.82, 2.24) is 0 Å². The van der Waals surface area contributed by atoms with Crippen LogP contribution in [-0.2, 0) is 29.5 Å². The summed E-state index contributed by atoms with van der Waals surface area (Å²) in [6.45, 7) is 2.89. The SMILES string of the molecule is CCCC[n+]1c(-c2ccc(C(=O)O)cc2)cc(-c2ccc(OC)c(S(=O)(=O)[O-])c2)c2c1-c1ccccc1CC2. The van der Waals surface area contributed by atoms with E-state index < -0.39 is 21.0 Å². The lowest BCUT2D eigenvalue weighted by Crippen LogP contribution is -2.41. The molecule has 39 heavy (non-hydrogen) atoms. The molecule has 1 aromatic heterocycles. The van der Waals surface area contributed by atoms with Gasteiger partial charge in [-0.05, 0) is 72.0 Å². The normalized spacial score (nSPS) is 12.5. The molecule has 0 atom stereocenters. The lowest BCUT2D eigenvalue weighted by atomic mass is 9.83. The Kier molecular flexibility index (Phi) is 7.25. The van der Waals surface area contributed by atoms with Crippen molar-refractivity contribution < 1.29 is 32.2 Å². The number of hydrogen-bond acceptors (Lipinski definition) is 5. The van der Waals surface area contributed by atoms with Crippen LogP contribution in [0.4, 0.5) is 0 Å². The molecule has 0 unspecified atom stereocenters. The Morgan fingerprint density at radius 1 is 0.974 bits per heavy atom. The smallest absolute Gasteiger partial charge is 0.335 e. The molecule has 0 saturated heterocycles. The molecule has 1 aliphatic carbocycles. The number of pyridine rings is 1. The van der Waals surface area contributed by atoms with Gasteiger partial charge in [-0.3, -0.25) is 0 Å². The number of methoxy groups -OCH3 is 1. The van der Waals surface area contributed by atoms with Crippen LogP contribution in [0.3, 0.4) is 0 Å². The van der Waals surface area contributed by atoms with Crippen LogP contribution >= 0.6 is 0 Å². The van der Waals surface area contributed by atoms with Gasteiger partial charge in [0, 0.05) is 29.2 Å². The molecule has 200 valence electrons. The monoisotopic (exact) mass is 543 g/mol. The molecule has 1 heterocycles. The number of hydrogen-bond donors (Lipinski definition) is 1. The van der Waals surface area contributed by atoms with Gasteiger partial charge < -0.3 is 14.4 Å². The Hall–Kier alpha value is -4.01. The third-order valence-electron chi connectivity index (χ3n) is 7.28. The van der Waals surface area contributed by atoms with Crippen LogP contribution in [0.15, 0.2) is 77.7 Å². The van der Waals surface area contributed by atoms with Gasteiger partial charge in [0.1, 0.15) is 22.4 Å². The second-order valence-corrected chi connectivity index (χ2v) is 11.0. The largest absolute Gasteiger partial charge is 0.744 e. The second kappa shape index (κ2) is 10.6. The standard InChI is InChI=1S/C31H29NO6S/c1-3-4-17-32-27(21-9-11-22(12-10-21)31(33)34)19-26(23-14-16-28(38-2)29(18-23)39(35,36)37)25-15-13-20-7-5-6-8-24(20)30(25)32/h5-12,14,16,18-19H,3-4,13,15,17H2,1-2H3,(H-,33,34,35,36,37). The molecule has 0 aliphatic heterocycles. The average Bonchev–Trinajstić information content (AvgIpc) is 2.94. The van der Waals surface area contributed by atoms with Gasteiger partial charge >= 0.3 is 5.97 Å². The van der Waals surface area contributed by atoms with Crippen molar-refractivity contribution in [2.75, 3.05) is 7.11 Å². The van der Waals surface area contributed by atoms with Gasteiger partial charge in [-0.25, -0.2) is 13.2 Å². The third-order valence-corrected chi connectivity index (χ3v) is 8.13. The van der Waals surface area contributed by atoms with E-state index in [1.165, 1.54) is 24.8 Å². The predicted octanol–water partition coefficient (Wildman–Crippen LogP) is 5.48. The molecule has 4 aromatic rings. The fourth-order valence-electron chi connectivity index (χ4n) is 5.37. The number of carbonyl (C=O) groups is 1. The predicted molar refractivity (Wildman–Crippen MR) is 147 cm³/mol. The van der Waals surface area contributed by atoms with Crippen LogP contribution in [0.2, 0.25) is 0 Å². The van der Waals surface area contributed by atoms with Crippen molar-refractivity contribution in [1.29, 1.82) is 0 Å². The van der Waals surface area contributed by atoms with E-state index in [1.54, 1.807) is 30.3 Å². The topological polar surface area (TPSA) is 108 Å². The summed E-state index contributed by atoms with van der Waals surface area (Å²) >= 11 is 0. The molecule has 3 aromatic carbocycles. The van der Waals surface area contributed by atoms with Crippen LogP contribution in [-0.4, -0.2) is 31.2 Å². The molecule has 0 spiro atoms. The lowest BCUT2D eigenvalue weighted by molar-refractivity contribution is -0.676. The molecule has 0 fully saturated rings. The molecular formula is C31H29NO6S. The number of carboxylic acid groups (broad SMARTS) is 1. The van der Waals surface area contributed by atoms with Crippen molar-refractivity contribution >= 4 is 16.1 Å². The van der Waals surface area contributed by atoms with Crippen LogP contribution in [0.5, 0.6) is 5.75 Å². The summed E-state index contributed by atoms with van der Waals surface area (Å²) in [4.78, 5) is 11.1. The number of nitrogens with zero attached hydrogens (tertiary/aromatic N) is 1. The van der Waals surface area contributed by atoms with Gasteiger partial charge in [-0.2, -0.15) is 4.57 Å². The summed E-state index contributed by atoms with van der Waals surface area (Å²) in [6.07, 6.45) is 3.52. The summed E-state index contributed by atoms with van der Waals surface area (Å²) in [5, 5.41) is 9.42. The van der Waals surface area contributed by atoms with Crippen LogP contribution in [0.25, 0.3) is 33.6 Å². The number of aryl methyl sites for hydroxylation is 1. The van der Waals surface area contributed by atoms with E-state index in [-0.39, 0.29) is 11.3 Å². The van der Waals surface area contributed by atoms with Crippen molar-refractivity contribution in [3.05, 3.63) is 89.5 Å². The fraction of sp³-hybridized carbons (Fsp3) is 0.226. The number of fused-ring (bicyclic) bond motifs is 3. The van der Waals surface area contributed by atoms with E-state index in [2.05, 4.69) is 23.6 Å². The van der Waals surface area contributed by atoms with E-state index in [0.29, 0.717) is 5.56 Å². The maximum atomic E-state index is 12.1. The number of carboxylic acids is 1. The zero-order valence-corrected chi connectivity index (χ0v) is 22.6. The minimum atomic E-state index is -4.78. The van der Waals surface area contributed by atoms with E-state index in [9.17, 15) is 22.9 Å². The van der Waals surface area contributed by atoms with Gasteiger partial charge in [-0.1, -0.05) is 37.6 Å². The van der Waals surface area contributed by atoms with Crippen LogP contribution in [0, 0.1) is 0 Å². The van der Waals surface area contributed by atoms with E-state index >= 15 is 0 Å². The molecule has 0 bridgehead atoms. The Labute approximate surface area is 228 Å². The first-order valence-electron chi connectivity index (χ1n) is 12.9. The van der Waals surface area contributed by atoms with Gasteiger partial charge in [-0.15, -0.1) is 0 Å². The van der Waals surface area contributed by atoms with Crippen molar-refractivity contribution in [3.63, 3.8) is 0 Å². The van der Waals surface area contributed by atoms with E-state index in [1.807, 2.05) is 18.2 Å². The highest BCUT2D eigenvalue weighted by Crippen LogP contribution is 2.40. The summed E-state index contributed by atoms with van der Waals surface area (Å²) < 4.78 is 43.8. The van der Waals surface area contributed by atoms with Crippen molar-refractivity contribution in [2.45, 2.75) is 44.0 Å². The van der Waals surface area contributed by atoms with Crippen LogP contribution < -0.4 is 9.30 Å². The molecule has 7 nitrogen and oxygen atoms in total. The van der Waals surface area contributed by atoms with Gasteiger partial charge in [0.05, 0.1) is 17.6 Å². The molecule has 1 N–H and O–H groups in total. The zero-order chi connectivity index (χ0) is 27.7. The number of benzene rings is 3. The third kappa shape index (κ3) is 5.05. The van der Waals surface area contributed by atoms with E-state index in [0.717, 1.165) is 65.9 Å².